The van der Waals surface area contributed by atoms with Crippen molar-refractivity contribution in [1.29, 1.82) is 0 Å². The molecule has 1 amide bonds. The van der Waals surface area contributed by atoms with E-state index < -0.39 is 0 Å². The molecule has 0 aliphatic carbocycles. The van der Waals surface area contributed by atoms with E-state index in [2.05, 4.69) is 20.2 Å². The number of hydrogen-bond acceptors (Lipinski definition) is 6. The Bertz CT molecular complexity index is 827. The van der Waals surface area contributed by atoms with Crippen LogP contribution in [0.1, 0.15) is 35.7 Å². The molecule has 142 valence electrons. The van der Waals surface area contributed by atoms with Gasteiger partial charge in [-0.15, -0.1) is 0 Å². The van der Waals surface area contributed by atoms with Crippen LogP contribution >= 0.6 is 0 Å². The lowest BCUT2D eigenvalue weighted by Gasteiger charge is -2.33. The topological polar surface area (TPSA) is 76.6 Å². The maximum absolute atomic E-state index is 12.9. The first kappa shape index (κ1) is 17.6. The average Bonchev–Trinajstić information content (AvgIpc) is 3.08. The summed E-state index contributed by atoms with van der Waals surface area (Å²) in [6, 6.07) is 3.75. The Kier molecular flexibility index (Phi) is 4.83. The summed E-state index contributed by atoms with van der Waals surface area (Å²) in [5.41, 5.74) is 1.64. The molecule has 2 aliphatic rings. The first-order chi connectivity index (χ1) is 13.1. The molecule has 0 saturated carbocycles. The van der Waals surface area contributed by atoms with Gasteiger partial charge in [0, 0.05) is 49.1 Å². The highest BCUT2D eigenvalue weighted by Crippen LogP contribution is 2.39. The number of benzene rings is 1. The second kappa shape index (κ2) is 7.42. The summed E-state index contributed by atoms with van der Waals surface area (Å²) in [4.78, 5) is 23.5. The van der Waals surface area contributed by atoms with Crippen molar-refractivity contribution in [1.82, 2.24) is 15.3 Å². The molecule has 1 aromatic heterocycles. The number of hydrogen-bond donors (Lipinski definition) is 1. The third-order valence-electron chi connectivity index (χ3n) is 5.07. The van der Waals surface area contributed by atoms with Crippen molar-refractivity contribution >= 4 is 11.7 Å². The van der Waals surface area contributed by atoms with Crippen molar-refractivity contribution < 1.29 is 14.3 Å². The molecule has 1 N–H and O–H groups in total. The number of nitrogens with one attached hydrogen (secondary N) is 1. The molecule has 4 rings (SSSR count). The number of carbonyl (C=O) groups excluding carboxylic acids is 1. The summed E-state index contributed by atoms with van der Waals surface area (Å²) in [5.74, 6) is 2.14. The number of carbonyl (C=O) groups is 1. The van der Waals surface area contributed by atoms with Crippen molar-refractivity contribution in [2.45, 2.75) is 38.3 Å². The number of fused-ring (bicyclic) bond motifs is 1. The fourth-order valence-corrected chi connectivity index (χ4v) is 3.81. The van der Waals surface area contributed by atoms with E-state index in [1.54, 1.807) is 31.8 Å². The minimum absolute atomic E-state index is 0.0719. The van der Waals surface area contributed by atoms with Gasteiger partial charge in [-0.05, 0) is 31.9 Å². The van der Waals surface area contributed by atoms with E-state index in [1.165, 1.54) is 0 Å². The van der Waals surface area contributed by atoms with Gasteiger partial charge in [0.15, 0.2) is 11.5 Å². The average molecular weight is 368 g/mol. The first-order valence-corrected chi connectivity index (χ1v) is 9.33. The van der Waals surface area contributed by atoms with Crippen LogP contribution in [-0.4, -0.2) is 48.2 Å². The molecule has 1 aromatic carbocycles. The number of aromatic nitrogens is 2. The van der Waals surface area contributed by atoms with Crippen molar-refractivity contribution in [3.8, 4) is 11.5 Å². The zero-order valence-electron chi connectivity index (χ0n) is 15.6. The summed E-state index contributed by atoms with van der Waals surface area (Å²) >= 11 is 0. The third-order valence-corrected chi connectivity index (χ3v) is 5.07. The molecule has 2 unspecified atom stereocenters. The van der Waals surface area contributed by atoms with Gasteiger partial charge in [-0.3, -0.25) is 9.78 Å². The van der Waals surface area contributed by atoms with Gasteiger partial charge in [0.25, 0.3) is 5.91 Å². The van der Waals surface area contributed by atoms with Gasteiger partial charge in [0.05, 0.1) is 13.3 Å². The third kappa shape index (κ3) is 3.67. The zero-order chi connectivity index (χ0) is 18.8. The number of rotatable bonds is 4. The van der Waals surface area contributed by atoms with Crippen LogP contribution in [-0.2, 0) is 6.42 Å². The van der Waals surface area contributed by atoms with Gasteiger partial charge < -0.3 is 19.7 Å². The molecule has 27 heavy (non-hydrogen) atoms. The lowest BCUT2D eigenvalue weighted by molar-refractivity contribution is 0.0932. The summed E-state index contributed by atoms with van der Waals surface area (Å²) in [6.07, 6.45) is 7.96. The van der Waals surface area contributed by atoms with Crippen LogP contribution in [0.2, 0.25) is 0 Å². The monoisotopic (exact) mass is 368 g/mol. The maximum atomic E-state index is 12.9. The Morgan fingerprint density at radius 1 is 1.37 bits per heavy atom. The summed E-state index contributed by atoms with van der Waals surface area (Å²) < 4.78 is 11.2. The zero-order valence-corrected chi connectivity index (χ0v) is 15.6. The number of piperidine rings is 1. The fraction of sp³-hybridized carbons (Fsp3) is 0.450. The van der Waals surface area contributed by atoms with Gasteiger partial charge in [-0.2, -0.15) is 0 Å². The van der Waals surface area contributed by atoms with E-state index in [9.17, 15) is 4.79 Å². The summed E-state index contributed by atoms with van der Waals surface area (Å²) in [6.45, 7) is 3.67. The summed E-state index contributed by atoms with van der Waals surface area (Å²) in [5, 5.41) is 3.16. The molecule has 2 aliphatic heterocycles. The number of anilines is 1. The number of methoxy groups -OCH3 is 1. The Morgan fingerprint density at radius 2 is 2.26 bits per heavy atom. The second-order valence-electron chi connectivity index (χ2n) is 7.12. The first-order valence-electron chi connectivity index (χ1n) is 9.33. The SMILES string of the molecule is COc1cc(C(=O)NC2CCCN(c3cnccn3)C2)cc2c1OC(C)C2. The summed E-state index contributed by atoms with van der Waals surface area (Å²) in [7, 11) is 1.60. The maximum Gasteiger partial charge on any atom is 0.251 e. The van der Waals surface area contributed by atoms with Crippen molar-refractivity contribution in [2.75, 3.05) is 25.1 Å². The smallest absolute Gasteiger partial charge is 0.251 e. The largest absolute Gasteiger partial charge is 0.493 e. The van der Waals surface area contributed by atoms with E-state index >= 15 is 0 Å². The van der Waals surface area contributed by atoms with E-state index in [0.29, 0.717) is 11.3 Å². The minimum Gasteiger partial charge on any atom is -0.493 e. The van der Waals surface area contributed by atoms with Crippen molar-refractivity contribution in [3.63, 3.8) is 0 Å². The Morgan fingerprint density at radius 3 is 3.04 bits per heavy atom. The van der Waals surface area contributed by atoms with E-state index in [4.69, 9.17) is 9.47 Å². The number of amides is 1. The van der Waals surface area contributed by atoms with Crippen LogP contribution in [0.25, 0.3) is 0 Å². The highest BCUT2D eigenvalue weighted by Gasteiger charge is 2.27. The molecule has 2 aromatic rings. The second-order valence-corrected chi connectivity index (χ2v) is 7.12. The van der Waals surface area contributed by atoms with Crippen LogP contribution in [0.15, 0.2) is 30.7 Å². The van der Waals surface area contributed by atoms with Crippen molar-refractivity contribution in [2.24, 2.45) is 0 Å². The fourth-order valence-electron chi connectivity index (χ4n) is 3.81. The van der Waals surface area contributed by atoms with Crippen LogP contribution < -0.4 is 19.7 Å². The van der Waals surface area contributed by atoms with Crippen LogP contribution in [0.4, 0.5) is 5.82 Å². The van der Waals surface area contributed by atoms with E-state index in [0.717, 1.165) is 49.5 Å². The lowest BCUT2D eigenvalue weighted by atomic mass is 10.0. The molecular formula is C20H24N4O3. The molecule has 7 nitrogen and oxygen atoms in total. The van der Waals surface area contributed by atoms with Gasteiger partial charge in [-0.25, -0.2) is 4.98 Å². The minimum atomic E-state index is -0.0818. The lowest BCUT2D eigenvalue weighted by Crippen LogP contribution is -2.48. The molecular weight excluding hydrogens is 344 g/mol. The quantitative estimate of drug-likeness (QED) is 0.892. The molecule has 0 radical (unpaired) electrons. The van der Waals surface area contributed by atoms with Gasteiger partial charge in [0.1, 0.15) is 11.9 Å². The molecule has 7 heteroatoms. The van der Waals surface area contributed by atoms with E-state index in [-0.39, 0.29) is 18.1 Å². The predicted molar refractivity (Wildman–Crippen MR) is 102 cm³/mol. The molecule has 2 atom stereocenters. The normalized spacial score (nSPS) is 21.3. The van der Waals surface area contributed by atoms with Crippen LogP contribution in [0, 0.1) is 0 Å². The molecule has 1 fully saturated rings. The van der Waals surface area contributed by atoms with Gasteiger partial charge in [-0.1, -0.05) is 0 Å². The molecule has 0 bridgehead atoms. The van der Waals surface area contributed by atoms with Crippen LogP contribution in [0.5, 0.6) is 11.5 Å². The highest BCUT2D eigenvalue weighted by atomic mass is 16.5. The van der Waals surface area contributed by atoms with Crippen molar-refractivity contribution in [3.05, 3.63) is 41.9 Å². The number of ether oxygens (including phenoxy) is 2. The van der Waals surface area contributed by atoms with Gasteiger partial charge in [0.2, 0.25) is 0 Å². The highest BCUT2D eigenvalue weighted by molar-refractivity contribution is 5.95. The van der Waals surface area contributed by atoms with Gasteiger partial charge >= 0.3 is 0 Å². The number of nitrogens with zero attached hydrogens (tertiary/aromatic N) is 3. The molecule has 1 saturated heterocycles. The van der Waals surface area contributed by atoms with E-state index in [1.807, 2.05) is 13.0 Å². The predicted octanol–water partition coefficient (Wildman–Crippen LogP) is 2.21. The van der Waals surface area contributed by atoms with Crippen LogP contribution in [0.3, 0.4) is 0 Å². The molecule has 3 heterocycles. The molecule has 0 spiro atoms. The Balaban J connectivity index is 1.47. The standard InChI is InChI=1S/C20H24N4O3/c1-13-8-14-9-15(10-17(26-2)19(14)27-13)20(25)23-16-4-3-7-24(12-16)18-11-21-5-6-22-18/h5-6,9-11,13,16H,3-4,7-8,12H2,1-2H3,(H,23,25). The Hall–Kier alpha value is -2.83. The Labute approximate surface area is 158 Å².